The van der Waals surface area contributed by atoms with Crippen molar-refractivity contribution in [3.8, 4) is 0 Å². The molecule has 0 aromatic heterocycles. The SMILES string of the molecule is CCCCCO[C@@H]1[C@@H](Cc2ccc(C)cc2)COC[C@H](NC)C(=O)O[C@H]1C. The van der Waals surface area contributed by atoms with Crippen LogP contribution in [-0.4, -0.2) is 51.1 Å². The summed E-state index contributed by atoms with van der Waals surface area (Å²) >= 11 is 0. The van der Waals surface area contributed by atoms with E-state index in [9.17, 15) is 4.79 Å². The van der Waals surface area contributed by atoms with Crippen LogP contribution in [-0.2, 0) is 25.4 Å². The number of carbonyl (C=O) groups excluding carboxylic acids is 1. The van der Waals surface area contributed by atoms with Crippen LogP contribution in [0.15, 0.2) is 24.3 Å². The summed E-state index contributed by atoms with van der Waals surface area (Å²) in [4.78, 5) is 12.4. The second kappa shape index (κ2) is 11.4. The van der Waals surface area contributed by atoms with Crippen LogP contribution in [0.3, 0.4) is 0 Å². The smallest absolute Gasteiger partial charge is 0.325 e. The zero-order valence-corrected chi connectivity index (χ0v) is 17.2. The van der Waals surface area contributed by atoms with Gasteiger partial charge in [0.05, 0.1) is 19.3 Å². The number of benzene rings is 1. The quantitative estimate of drug-likeness (QED) is 0.557. The van der Waals surface area contributed by atoms with Crippen molar-refractivity contribution in [3.05, 3.63) is 35.4 Å². The Morgan fingerprint density at radius 3 is 2.59 bits per heavy atom. The van der Waals surface area contributed by atoms with Crippen LogP contribution in [0, 0.1) is 12.8 Å². The molecule has 0 radical (unpaired) electrons. The zero-order valence-electron chi connectivity index (χ0n) is 17.2. The first kappa shape index (κ1) is 21.9. The summed E-state index contributed by atoms with van der Waals surface area (Å²) in [6, 6.07) is 8.13. The molecule has 0 amide bonds. The molecular weight excluding hydrogens is 342 g/mol. The predicted octanol–water partition coefficient (Wildman–Crippen LogP) is 3.28. The largest absolute Gasteiger partial charge is 0.459 e. The van der Waals surface area contributed by atoms with Crippen molar-refractivity contribution < 1.29 is 19.0 Å². The van der Waals surface area contributed by atoms with Crippen LogP contribution in [0.25, 0.3) is 0 Å². The van der Waals surface area contributed by atoms with Crippen LogP contribution >= 0.6 is 0 Å². The van der Waals surface area contributed by atoms with Gasteiger partial charge in [-0.05, 0) is 39.3 Å². The van der Waals surface area contributed by atoms with Crippen LogP contribution in [0.1, 0.15) is 44.2 Å². The molecule has 1 saturated heterocycles. The minimum absolute atomic E-state index is 0.132. The third-order valence-electron chi connectivity index (χ3n) is 5.16. The number of ether oxygens (including phenoxy) is 3. The fraction of sp³-hybridized carbons (Fsp3) is 0.682. The Morgan fingerprint density at radius 1 is 1.19 bits per heavy atom. The van der Waals surface area contributed by atoms with Crippen LogP contribution < -0.4 is 5.32 Å². The van der Waals surface area contributed by atoms with Gasteiger partial charge in [0, 0.05) is 12.5 Å². The first-order chi connectivity index (χ1) is 13.0. The molecule has 1 N–H and O–H groups in total. The van der Waals surface area contributed by atoms with Crippen molar-refractivity contribution in [3.63, 3.8) is 0 Å². The minimum atomic E-state index is -0.439. The molecule has 2 rings (SSSR count). The van der Waals surface area contributed by atoms with E-state index in [-0.39, 0.29) is 24.1 Å². The van der Waals surface area contributed by atoms with Gasteiger partial charge in [-0.25, -0.2) is 0 Å². The number of esters is 1. The molecule has 0 saturated carbocycles. The number of hydrogen-bond acceptors (Lipinski definition) is 5. The third-order valence-corrected chi connectivity index (χ3v) is 5.16. The number of likely N-dealkylation sites (N-methyl/N-ethyl adjacent to an activating group) is 1. The van der Waals surface area contributed by atoms with Crippen molar-refractivity contribution in [1.82, 2.24) is 5.32 Å². The lowest BCUT2D eigenvalue weighted by Gasteiger charge is -2.31. The molecule has 1 heterocycles. The number of carbonyl (C=O) groups is 1. The summed E-state index contributed by atoms with van der Waals surface area (Å²) in [6.07, 6.45) is 3.66. The maximum absolute atomic E-state index is 12.4. The molecule has 27 heavy (non-hydrogen) atoms. The van der Waals surface area contributed by atoms with Crippen LogP contribution in [0.4, 0.5) is 0 Å². The Hall–Kier alpha value is -1.43. The lowest BCUT2D eigenvalue weighted by atomic mass is 9.91. The highest BCUT2D eigenvalue weighted by molar-refractivity contribution is 5.76. The van der Waals surface area contributed by atoms with E-state index in [1.54, 1.807) is 7.05 Å². The molecule has 1 aromatic carbocycles. The molecule has 4 atom stereocenters. The van der Waals surface area contributed by atoms with Crippen molar-refractivity contribution in [2.24, 2.45) is 5.92 Å². The lowest BCUT2D eigenvalue weighted by Crippen LogP contribution is -2.43. The molecule has 0 aliphatic carbocycles. The number of cyclic esters (lactones) is 1. The zero-order chi connectivity index (χ0) is 19.6. The monoisotopic (exact) mass is 377 g/mol. The molecule has 5 heteroatoms. The van der Waals surface area contributed by atoms with Crippen molar-refractivity contribution in [2.75, 3.05) is 26.9 Å². The molecular formula is C22H35NO4. The number of hydrogen-bond donors (Lipinski definition) is 1. The highest BCUT2D eigenvalue weighted by atomic mass is 16.6. The third kappa shape index (κ3) is 6.91. The van der Waals surface area contributed by atoms with E-state index in [0.29, 0.717) is 19.8 Å². The maximum Gasteiger partial charge on any atom is 0.325 e. The van der Waals surface area contributed by atoms with Gasteiger partial charge in [-0.2, -0.15) is 0 Å². The molecule has 1 fully saturated rings. The topological polar surface area (TPSA) is 56.8 Å². The predicted molar refractivity (Wildman–Crippen MR) is 107 cm³/mol. The summed E-state index contributed by atoms with van der Waals surface area (Å²) in [6.45, 7) is 7.74. The lowest BCUT2D eigenvalue weighted by molar-refractivity contribution is -0.160. The molecule has 0 bridgehead atoms. The summed E-state index contributed by atoms with van der Waals surface area (Å²) in [5.74, 6) is -0.143. The van der Waals surface area contributed by atoms with Crippen molar-refractivity contribution in [1.29, 1.82) is 0 Å². The Bertz CT molecular complexity index is 560. The van der Waals surface area contributed by atoms with E-state index in [2.05, 4.69) is 43.4 Å². The van der Waals surface area contributed by atoms with Crippen LogP contribution in [0.2, 0.25) is 0 Å². The average Bonchev–Trinajstić information content (AvgIpc) is 2.70. The molecule has 1 aliphatic heterocycles. The first-order valence-electron chi connectivity index (χ1n) is 10.2. The second-order valence-corrected chi connectivity index (χ2v) is 7.51. The van der Waals surface area contributed by atoms with Gasteiger partial charge >= 0.3 is 5.97 Å². The average molecular weight is 378 g/mol. The highest BCUT2D eigenvalue weighted by Crippen LogP contribution is 2.23. The minimum Gasteiger partial charge on any atom is -0.459 e. The summed E-state index contributed by atoms with van der Waals surface area (Å²) in [5, 5.41) is 2.97. The second-order valence-electron chi connectivity index (χ2n) is 7.51. The standard InChI is InChI=1S/C22H35NO4/c1-5-6-7-12-26-21-17(3)27-22(24)20(23-4)15-25-14-19(21)13-18-10-8-16(2)9-11-18/h8-11,17,19-21,23H,5-7,12-15H2,1-4H3/t17-,19-,20-,21-/m0/s1. The number of aryl methyl sites for hydroxylation is 1. The highest BCUT2D eigenvalue weighted by Gasteiger charge is 2.34. The normalized spacial score (nSPS) is 26.7. The number of nitrogens with one attached hydrogen (secondary N) is 1. The molecule has 1 aromatic rings. The summed E-state index contributed by atoms with van der Waals surface area (Å²) < 4.78 is 17.9. The summed E-state index contributed by atoms with van der Waals surface area (Å²) in [5.41, 5.74) is 2.50. The Kier molecular flexibility index (Phi) is 9.25. The number of unbranched alkanes of at least 4 members (excludes halogenated alkanes) is 2. The Morgan fingerprint density at radius 2 is 1.93 bits per heavy atom. The van der Waals surface area contributed by atoms with Gasteiger partial charge in [0.15, 0.2) is 0 Å². The van der Waals surface area contributed by atoms with E-state index in [0.717, 1.165) is 25.7 Å². The Labute approximate surface area is 163 Å². The van der Waals surface area contributed by atoms with E-state index in [4.69, 9.17) is 14.2 Å². The number of rotatable bonds is 8. The maximum atomic E-state index is 12.4. The van der Waals surface area contributed by atoms with Gasteiger partial charge in [0.25, 0.3) is 0 Å². The van der Waals surface area contributed by atoms with Gasteiger partial charge in [-0.15, -0.1) is 0 Å². The van der Waals surface area contributed by atoms with Crippen molar-refractivity contribution >= 4 is 5.97 Å². The molecule has 0 unspecified atom stereocenters. The van der Waals surface area contributed by atoms with Gasteiger partial charge < -0.3 is 19.5 Å². The molecule has 152 valence electrons. The van der Waals surface area contributed by atoms with Crippen molar-refractivity contribution in [2.45, 2.75) is 64.7 Å². The molecule has 1 aliphatic rings. The van der Waals surface area contributed by atoms with E-state index >= 15 is 0 Å². The molecule has 0 spiro atoms. The van der Waals surface area contributed by atoms with E-state index < -0.39 is 6.04 Å². The fourth-order valence-corrected chi connectivity index (χ4v) is 3.46. The Balaban J connectivity index is 2.14. The van der Waals surface area contributed by atoms with Gasteiger partial charge in [0.1, 0.15) is 12.1 Å². The first-order valence-corrected chi connectivity index (χ1v) is 10.2. The summed E-state index contributed by atoms with van der Waals surface area (Å²) in [7, 11) is 1.75. The van der Waals surface area contributed by atoms with Gasteiger partial charge in [-0.1, -0.05) is 49.6 Å². The van der Waals surface area contributed by atoms with E-state index in [1.165, 1.54) is 11.1 Å². The van der Waals surface area contributed by atoms with Gasteiger partial charge in [0.2, 0.25) is 0 Å². The molecule has 5 nitrogen and oxygen atoms in total. The van der Waals surface area contributed by atoms with Gasteiger partial charge in [-0.3, -0.25) is 4.79 Å². The van der Waals surface area contributed by atoms with Crippen LogP contribution in [0.5, 0.6) is 0 Å². The fourth-order valence-electron chi connectivity index (χ4n) is 3.46. The van der Waals surface area contributed by atoms with E-state index in [1.807, 2.05) is 6.92 Å².